The predicted octanol–water partition coefficient (Wildman–Crippen LogP) is 1.49. The number of nitrogen functional groups attached to an aromatic ring is 1. The van der Waals surface area contributed by atoms with Crippen LogP contribution in [0.2, 0.25) is 0 Å². The molecule has 0 unspecified atom stereocenters. The van der Waals surface area contributed by atoms with Crippen LogP contribution in [0, 0.1) is 5.41 Å². The zero-order valence-corrected chi connectivity index (χ0v) is 9.51. The van der Waals surface area contributed by atoms with E-state index in [0.717, 1.165) is 23.7 Å². The molecule has 82 valence electrons. The van der Waals surface area contributed by atoms with E-state index in [1.165, 1.54) is 0 Å². The van der Waals surface area contributed by atoms with Gasteiger partial charge in [0.25, 0.3) is 0 Å². The van der Waals surface area contributed by atoms with E-state index in [9.17, 15) is 0 Å². The van der Waals surface area contributed by atoms with Crippen LogP contribution in [0.4, 0.5) is 0 Å². The van der Waals surface area contributed by atoms with Crippen molar-refractivity contribution in [3.05, 3.63) is 24.0 Å². The van der Waals surface area contributed by atoms with Crippen LogP contribution in [0.1, 0.15) is 12.1 Å². The second-order valence-electron chi connectivity index (χ2n) is 2.96. The van der Waals surface area contributed by atoms with Gasteiger partial charge in [0.1, 0.15) is 11.5 Å². The Labute approximate surface area is 93.7 Å². The number of amidine groups is 1. The number of ether oxygens (including phenoxy) is 1. The summed E-state index contributed by atoms with van der Waals surface area (Å²) in [7, 11) is 1.69. The molecule has 15 heavy (non-hydrogen) atoms. The summed E-state index contributed by atoms with van der Waals surface area (Å²) in [4.78, 5) is 5.03. The van der Waals surface area contributed by atoms with Crippen molar-refractivity contribution >= 4 is 17.6 Å². The number of nitrogens with zero attached hydrogens (tertiary/aromatic N) is 1. The molecule has 3 N–H and O–H groups in total. The monoisotopic (exact) mass is 225 g/mol. The number of pyridine rings is 1. The van der Waals surface area contributed by atoms with Gasteiger partial charge >= 0.3 is 0 Å². The van der Waals surface area contributed by atoms with Crippen LogP contribution < -0.4 is 5.73 Å². The molecule has 1 aromatic rings. The molecule has 1 heterocycles. The number of hydrogen-bond donors (Lipinski definition) is 2. The van der Waals surface area contributed by atoms with E-state index in [4.69, 9.17) is 15.9 Å². The van der Waals surface area contributed by atoms with Crippen LogP contribution >= 0.6 is 11.8 Å². The lowest BCUT2D eigenvalue weighted by Gasteiger charge is -2.05. The third-order valence-corrected chi connectivity index (χ3v) is 2.91. The number of aromatic nitrogens is 1. The van der Waals surface area contributed by atoms with Crippen LogP contribution in [0.3, 0.4) is 0 Å². The van der Waals surface area contributed by atoms with Crippen molar-refractivity contribution in [1.82, 2.24) is 4.98 Å². The highest BCUT2D eigenvalue weighted by Crippen LogP contribution is 2.21. The Kier molecular flexibility index (Phi) is 5.14. The summed E-state index contributed by atoms with van der Waals surface area (Å²) in [5.74, 6) is 0.963. The number of methoxy groups -OCH3 is 1. The standard InChI is InChI=1S/C10H15N3OS/c1-14-6-3-7-15-8-4-2-5-13-9(8)10(11)12/h2,4-5H,3,6-7H2,1H3,(H3,11,12). The number of rotatable bonds is 6. The molecule has 0 bridgehead atoms. The molecule has 0 radical (unpaired) electrons. The minimum absolute atomic E-state index is 0.0184. The van der Waals surface area contributed by atoms with Crippen molar-refractivity contribution in [2.24, 2.45) is 5.73 Å². The minimum atomic E-state index is 0.0184. The maximum absolute atomic E-state index is 7.37. The first-order valence-corrected chi connectivity index (χ1v) is 5.65. The van der Waals surface area contributed by atoms with Gasteiger partial charge in [0.05, 0.1) is 0 Å². The molecule has 1 rings (SSSR count). The van der Waals surface area contributed by atoms with Crippen molar-refractivity contribution < 1.29 is 4.74 Å². The quantitative estimate of drug-likeness (QED) is 0.333. The van der Waals surface area contributed by atoms with Gasteiger partial charge in [0.15, 0.2) is 0 Å². The van der Waals surface area contributed by atoms with Crippen molar-refractivity contribution in [3.63, 3.8) is 0 Å². The molecule has 0 aliphatic carbocycles. The molecule has 4 nitrogen and oxygen atoms in total. The maximum atomic E-state index is 7.37. The van der Waals surface area contributed by atoms with E-state index in [2.05, 4.69) is 4.98 Å². The molecule has 0 aromatic carbocycles. The largest absolute Gasteiger partial charge is 0.385 e. The topological polar surface area (TPSA) is 72.0 Å². The van der Waals surface area contributed by atoms with Gasteiger partial charge < -0.3 is 10.5 Å². The van der Waals surface area contributed by atoms with Gasteiger partial charge in [-0.3, -0.25) is 10.4 Å². The van der Waals surface area contributed by atoms with E-state index in [0.29, 0.717) is 5.69 Å². The second kappa shape index (κ2) is 6.42. The fourth-order valence-corrected chi connectivity index (χ4v) is 2.05. The third kappa shape index (κ3) is 3.89. The van der Waals surface area contributed by atoms with Crippen LogP contribution in [-0.4, -0.2) is 30.3 Å². The summed E-state index contributed by atoms with van der Waals surface area (Å²) in [6, 6.07) is 3.78. The van der Waals surface area contributed by atoms with E-state index >= 15 is 0 Å². The Hall–Kier alpha value is -1.07. The summed E-state index contributed by atoms with van der Waals surface area (Å²) in [6.07, 6.45) is 2.63. The van der Waals surface area contributed by atoms with E-state index in [-0.39, 0.29) is 5.84 Å². The van der Waals surface area contributed by atoms with Crippen molar-refractivity contribution in [2.45, 2.75) is 11.3 Å². The fourth-order valence-electron chi connectivity index (χ4n) is 1.09. The number of nitrogens with one attached hydrogen (secondary N) is 1. The zero-order valence-electron chi connectivity index (χ0n) is 8.69. The number of thioether (sulfide) groups is 1. The minimum Gasteiger partial charge on any atom is -0.385 e. The molecular weight excluding hydrogens is 210 g/mol. The molecule has 0 aliphatic rings. The lowest BCUT2D eigenvalue weighted by molar-refractivity contribution is 0.200. The zero-order chi connectivity index (χ0) is 11.1. The summed E-state index contributed by atoms with van der Waals surface area (Å²) in [5.41, 5.74) is 6.00. The summed E-state index contributed by atoms with van der Waals surface area (Å²) in [5, 5.41) is 7.37. The molecule has 0 amide bonds. The van der Waals surface area contributed by atoms with Gasteiger partial charge in [-0.25, -0.2) is 0 Å². The Balaban J connectivity index is 2.56. The highest BCUT2D eigenvalue weighted by molar-refractivity contribution is 7.99. The van der Waals surface area contributed by atoms with Crippen molar-refractivity contribution in [1.29, 1.82) is 5.41 Å². The lowest BCUT2D eigenvalue weighted by Crippen LogP contribution is -2.14. The summed E-state index contributed by atoms with van der Waals surface area (Å²) >= 11 is 1.65. The SMILES string of the molecule is COCCCSc1cccnc1C(=N)N. The number of hydrogen-bond acceptors (Lipinski definition) is 4. The Morgan fingerprint density at radius 3 is 3.13 bits per heavy atom. The first-order chi connectivity index (χ1) is 7.25. The second-order valence-corrected chi connectivity index (χ2v) is 4.10. The van der Waals surface area contributed by atoms with Crippen LogP contribution in [-0.2, 0) is 4.74 Å². The van der Waals surface area contributed by atoms with Gasteiger partial charge in [-0.15, -0.1) is 11.8 Å². The molecule has 0 aliphatic heterocycles. The van der Waals surface area contributed by atoms with Crippen molar-refractivity contribution in [2.75, 3.05) is 19.5 Å². The van der Waals surface area contributed by atoms with E-state index in [1.807, 2.05) is 12.1 Å². The lowest BCUT2D eigenvalue weighted by atomic mass is 10.3. The van der Waals surface area contributed by atoms with Crippen molar-refractivity contribution in [3.8, 4) is 0 Å². The first-order valence-electron chi connectivity index (χ1n) is 4.67. The molecular formula is C10H15N3OS. The van der Waals surface area contributed by atoms with Crippen LogP contribution in [0.5, 0.6) is 0 Å². The summed E-state index contributed by atoms with van der Waals surface area (Å²) < 4.78 is 4.96. The molecule has 0 saturated carbocycles. The normalized spacial score (nSPS) is 10.2. The molecule has 0 fully saturated rings. The molecule has 5 heteroatoms. The Morgan fingerprint density at radius 2 is 2.47 bits per heavy atom. The Bertz CT molecular complexity index is 330. The van der Waals surface area contributed by atoms with Crippen LogP contribution in [0.15, 0.2) is 23.2 Å². The van der Waals surface area contributed by atoms with E-state index in [1.54, 1.807) is 25.1 Å². The van der Waals surface area contributed by atoms with Gasteiger partial charge in [-0.05, 0) is 18.6 Å². The molecule has 0 atom stereocenters. The predicted molar refractivity (Wildman–Crippen MR) is 62.5 cm³/mol. The average molecular weight is 225 g/mol. The molecule has 1 aromatic heterocycles. The smallest absolute Gasteiger partial charge is 0.142 e. The van der Waals surface area contributed by atoms with Gasteiger partial charge in [0, 0.05) is 30.6 Å². The fraction of sp³-hybridized carbons (Fsp3) is 0.400. The third-order valence-electron chi connectivity index (χ3n) is 1.78. The van der Waals surface area contributed by atoms with Gasteiger partial charge in [-0.2, -0.15) is 0 Å². The maximum Gasteiger partial charge on any atom is 0.142 e. The summed E-state index contributed by atoms with van der Waals surface area (Å²) in [6.45, 7) is 0.753. The van der Waals surface area contributed by atoms with Crippen LogP contribution in [0.25, 0.3) is 0 Å². The van der Waals surface area contributed by atoms with E-state index < -0.39 is 0 Å². The molecule has 0 spiro atoms. The molecule has 0 saturated heterocycles. The van der Waals surface area contributed by atoms with Gasteiger partial charge in [-0.1, -0.05) is 0 Å². The van der Waals surface area contributed by atoms with Gasteiger partial charge in [0.2, 0.25) is 0 Å². The average Bonchev–Trinajstić information content (AvgIpc) is 2.25. The first kappa shape index (κ1) is 12.0. The highest BCUT2D eigenvalue weighted by Gasteiger charge is 2.05. The highest BCUT2D eigenvalue weighted by atomic mass is 32.2. The Morgan fingerprint density at radius 1 is 1.67 bits per heavy atom. The number of nitrogens with two attached hydrogens (primary N) is 1.